The number of hydrogen-bond acceptors (Lipinski definition) is 6. The first-order valence-corrected chi connectivity index (χ1v) is 12.6. The first-order valence-electron chi connectivity index (χ1n) is 12.6. The van der Waals surface area contributed by atoms with E-state index in [4.69, 9.17) is 9.72 Å². The highest BCUT2D eigenvalue weighted by Gasteiger charge is 2.23. The summed E-state index contributed by atoms with van der Waals surface area (Å²) in [4.78, 5) is 27.7. The zero-order valence-electron chi connectivity index (χ0n) is 20.0. The molecule has 1 amide bonds. The molecule has 2 N–H and O–H groups in total. The third-order valence-electron chi connectivity index (χ3n) is 7.48. The van der Waals surface area contributed by atoms with E-state index in [0.717, 1.165) is 79.3 Å². The van der Waals surface area contributed by atoms with Gasteiger partial charge < -0.3 is 19.9 Å². The van der Waals surface area contributed by atoms with E-state index in [-0.39, 0.29) is 5.91 Å². The standard InChI is InChI=1S/C26H31N7O2/c1-35-19-7-5-18(6-8-19)30-26-28-15-21-20(14-27-24(21)31-26)17-9-12-33-23(13-17)22(16-29-33)25(34)32-10-3-2-4-11-32/h9,12-16,18-19H,2-8,10-11H2,1H3,(H2,27,28,30,31). The Balaban J connectivity index is 1.26. The van der Waals surface area contributed by atoms with Crippen LogP contribution in [0.1, 0.15) is 55.3 Å². The van der Waals surface area contributed by atoms with Crippen LogP contribution in [0.2, 0.25) is 0 Å². The van der Waals surface area contributed by atoms with E-state index in [2.05, 4.69) is 20.4 Å². The van der Waals surface area contributed by atoms with Crippen LogP contribution in [0.25, 0.3) is 27.7 Å². The van der Waals surface area contributed by atoms with Crippen molar-refractivity contribution in [3.8, 4) is 11.1 Å². The van der Waals surface area contributed by atoms with Gasteiger partial charge in [0.1, 0.15) is 5.65 Å². The highest BCUT2D eigenvalue weighted by molar-refractivity contribution is 6.02. The fourth-order valence-corrected chi connectivity index (χ4v) is 5.42. The number of aromatic amines is 1. The second-order valence-corrected chi connectivity index (χ2v) is 9.67. The number of piperidine rings is 1. The molecule has 182 valence electrons. The lowest BCUT2D eigenvalue weighted by Crippen LogP contribution is -2.35. The van der Waals surface area contributed by atoms with Crippen molar-refractivity contribution in [2.75, 3.05) is 25.5 Å². The number of pyridine rings is 1. The SMILES string of the molecule is COC1CCC(Nc2ncc3c(-c4ccn5ncc(C(=O)N6CCCCC6)c5c4)c[nH]c3n2)CC1. The topological polar surface area (TPSA) is 100 Å². The van der Waals surface area contributed by atoms with Gasteiger partial charge >= 0.3 is 0 Å². The van der Waals surface area contributed by atoms with Crippen molar-refractivity contribution in [3.63, 3.8) is 0 Å². The Bertz CT molecular complexity index is 1350. The van der Waals surface area contributed by atoms with Gasteiger partial charge in [0.2, 0.25) is 5.95 Å². The first kappa shape index (κ1) is 22.0. The second kappa shape index (κ2) is 9.30. The number of carbonyl (C=O) groups excluding carboxylic acids is 1. The van der Waals surface area contributed by atoms with Crippen molar-refractivity contribution >= 4 is 28.4 Å². The molecule has 4 aromatic heterocycles. The Morgan fingerprint density at radius 1 is 1.14 bits per heavy atom. The lowest BCUT2D eigenvalue weighted by molar-refractivity contribution is 0.0681. The number of likely N-dealkylation sites (tertiary alicyclic amines) is 1. The first-order chi connectivity index (χ1) is 17.2. The number of hydrogen-bond donors (Lipinski definition) is 2. The highest BCUT2D eigenvalue weighted by atomic mass is 16.5. The molecule has 4 aromatic rings. The van der Waals surface area contributed by atoms with Crippen molar-refractivity contribution in [2.45, 2.75) is 57.1 Å². The molecule has 5 heterocycles. The van der Waals surface area contributed by atoms with Crippen LogP contribution in [0, 0.1) is 0 Å². The number of H-pyrrole nitrogens is 1. The number of nitrogens with one attached hydrogen (secondary N) is 2. The predicted octanol–water partition coefficient (Wildman–Crippen LogP) is 4.27. The summed E-state index contributed by atoms with van der Waals surface area (Å²) in [5.74, 6) is 0.710. The van der Waals surface area contributed by atoms with Crippen LogP contribution in [-0.4, -0.2) is 67.7 Å². The number of methoxy groups -OCH3 is 1. The minimum absolute atomic E-state index is 0.0642. The molecule has 0 radical (unpaired) electrons. The molecule has 2 aliphatic rings. The van der Waals surface area contributed by atoms with Gasteiger partial charge in [0.25, 0.3) is 5.91 Å². The van der Waals surface area contributed by atoms with Gasteiger partial charge in [0, 0.05) is 55.8 Å². The average Bonchev–Trinajstić information content (AvgIpc) is 3.53. The summed E-state index contributed by atoms with van der Waals surface area (Å²) in [6.45, 7) is 1.64. The zero-order chi connectivity index (χ0) is 23.8. The summed E-state index contributed by atoms with van der Waals surface area (Å²) in [5.41, 5.74) is 4.27. The molecule has 0 bridgehead atoms. The lowest BCUT2D eigenvalue weighted by Gasteiger charge is -2.28. The molecule has 0 spiro atoms. The van der Waals surface area contributed by atoms with Gasteiger partial charge in [-0.25, -0.2) is 9.50 Å². The third-order valence-corrected chi connectivity index (χ3v) is 7.48. The van der Waals surface area contributed by atoms with Crippen molar-refractivity contribution < 1.29 is 9.53 Å². The van der Waals surface area contributed by atoms with Crippen molar-refractivity contribution in [2.24, 2.45) is 0 Å². The van der Waals surface area contributed by atoms with Gasteiger partial charge in [-0.15, -0.1) is 0 Å². The molecule has 6 rings (SSSR count). The van der Waals surface area contributed by atoms with E-state index in [9.17, 15) is 4.79 Å². The van der Waals surface area contributed by atoms with E-state index in [1.165, 1.54) is 6.42 Å². The van der Waals surface area contributed by atoms with E-state index in [0.29, 0.717) is 23.7 Å². The highest BCUT2D eigenvalue weighted by Crippen LogP contribution is 2.30. The number of fused-ring (bicyclic) bond motifs is 2. The maximum absolute atomic E-state index is 13.2. The van der Waals surface area contributed by atoms with E-state index >= 15 is 0 Å². The van der Waals surface area contributed by atoms with E-state index in [1.807, 2.05) is 35.6 Å². The zero-order valence-corrected chi connectivity index (χ0v) is 20.0. The van der Waals surface area contributed by atoms with Crippen LogP contribution in [0.15, 0.2) is 36.9 Å². The molecule has 1 aliphatic carbocycles. The number of ether oxygens (including phenoxy) is 1. The Morgan fingerprint density at radius 2 is 1.97 bits per heavy atom. The van der Waals surface area contributed by atoms with Crippen molar-refractivity contribution in [3.05, 3.63) is 42.5 Å². The van der Waals surface area contributed by atoms with Crippen LogP contribution in [0.3, 0.4) is 0 Å². The van der Waals surface area contributed by atoms with E-state index < -0.39 is 0 Å². The Morgan fingerprint density at radius 3 is 2.77 bits per heavy atom. The molecule has 0 atom stereocenters. The molecular formula is C26H31N7O2. The van der Waals surface area contributed by atoms with Crippen LogP contribution < -0.4 is 5.32 Å². The number of carbonyl (C=O) groups is 1. The molecule has 2 fully saturated rings. The molecule has 9 nitrogen and oxygen atoms in total. The summed E-state index contributed by atoms with van der Waals surface area (Å²) in [6.07, 6.45) is 15.3. The maximum Gasteiger partial charge on any atom is 0.257 e. The predicted molar refractivity (Wildman–Crippen MR) is 135 cm³/mol. The van der Waals surface area contributed by atoms with Gasteiger partial charge in [-0.1, -0.05) is 0 Å². The molecule has 0 aromatic carbocycles. The fraction of sp³-hybridized carbons (Fsp3) is 0.462. The Labute approximate surface area is 203 Å². The molecular weight excluding hydrogens is 442 g/mol. The van der Waals surface area contributed by atoms with Gasteiger partial charge in [-0.05, 0) is 62.6 Å². The Hall–Kier alpha value is -3.46. The number of amides is 1. The lowest BCUT2D eigenvalue weighted by atomic mass is 9.93. The summed E-state index contributed by atoms with van der Waals surface area (Å²) in [5, 5.41) is 8.85. The van der Waals surface area contributed by atoms with Crippen molar-refractivity contribution in [1.29, 1.82) is 0 Å². The van der Waals surface area contributed by atoms with Gasteiger partial charge in [0.05, 0.1) is 23.4 Å². The normalized spacial score (nSPS) is 21.0. The largest absolute Gasteiger partial charge is 0.381 e. The summed E-state index contributed by atoms with van der Waals surface area (Å²) < 4.78 is 7.24. The summed E-state index contributed by atoms with van der Waals surface area (Å²) in [6, 6.07) is 4.42. The number of nitrogens with zero attached hydrogens (tertiary/aromatic N) is 5. The minimum atomic E-state index is 0.0642. The number of rotatable bonds is 5. The molecule has 35 heavy (non-hydrogen) atoms. The minimum Gasteiger partial charge on any atom is -0.381 e. The number of aromatic nitrogens is 5. The van der Waals surface area contributed by atoms with Gasteiger partial charge in [-0.2, -0.15) is 10.1 Å². The van der Waals surface area contributed by atoms with Gasteiger partial charge in [0.15, 0.2) is 0 Å². The third kappa shape index (κ3) is 4.25. The monoisotopic (exact) mass is 473 g/mol. The van der Waals surface area contributed by atoms with Gasteiger partial charge in [-0.3, -0.25) is 4.79 Å². The van der Waals surface area contributed by atoms with E-state index in [1.54, 1.807) is 17.8 Å². The molecule has 9 heteroatoms. The average molecular weight is 474 g/mol. The number of anilines is 1. The Kier molecular flexibility index (Phi) is 5.85. The van der Waals surface area contributed by atoms with Crippen LogP contribution in [-0.2, 0) is 4.74 Å². The second-order valence-electron chi connectivity index (χ2n) is 9.67. The smallest absolute Gasteiger partial charge is 0.257 e. The summed E-state index contributed by atoms with van der Waals surface area (Å²) in [7, 11) is 1.79. The molecule has 1 saturated heterocycles. The quantitative estimate of drug-likeness (QED) is 0.449. The van der Waals surface area contributed by atoms with Crippen LogP contribution in [0.5, 0.6) is 0 Å². The van der Waals surface area contributed by atoms with Crippen LogP contribution in [0.4, 0.5) is 5.95 Å². The fourth-order valence-electron chi connectivity index (χ4n) is 5.42. The molecule has 0 unspecified atom stereocenters. The molecule has 1 aliphatic heterocycles. The molecule has 1 saturated carbocycles. The summed E-state index contributed by atoms with van der Waals surface area (Å²) >= 11 is 0. The maximum atomic E-state index is 13.2. The van der Waals surface area contributed by atoms with Crippen molar-refractivity contribution in [1.82, 2.24) is 29.5 Å². The van der Waals surface area contributed by atoms with Crippen LogP contribution >= 0.6 is 0 Å².